The number of hydrogen-bond donors (Lipinski definition) is 1. The van der Waals surface area contributed by atoms with Crippen LogP contribution in [-0.2, 0) is 11.3 Å². The largest absolute Gasteiger partial charge is 0.354 e. The molecule has 2 aromatic carbocycles. The predicted octanol–water partition coefficient (Wildman–Crippen LogP) is 3.32. The van der Waals surface area contributed by atoms with Gasteiger partial charge in [0.25, 0.3) is 5.91 Å². The monoisotopic (exact) mass is 404 g/mol. The number of aryl methyl sites for hydroxylation is 2. The fourth-order valence-corrected chi connectivity index (χ4v) is 4.17. The van der Waals surface area contributed by atoms with Crippen LogP contribution in [0.15, 0.2) is 48.5 Å². The molecule has 156 valence electrons. The number of aromatic nitrogens is 2. The number of amides is 2. The van der Waals surface area contributed by atoms with E-state index < -0.39 is 0 Å². The van der Waals surface area contributed by atoms with Crippen molar-refractivity contribution in [3.05, 3.63) is 65.5 Å². The molecule has 0 spiro atoms. The molecule has 30 heavy (non-hydrogen) atoms. The van der Waals surface area contributed by atoms with Crippen LogP contribution < -0.4 is 5.32 Å². The first kappa shape index (κ1) is 20.1. The number of fused-ring (bicyclic) bond motifs is 1. The summed E-state index contributed by atoms with van der Waals surface area (Å²) >= 11 is 0. The van der Waals surface area contributed by atoms with E-state index in [0.29, 0.717) is 31.7 Å². The molecule has 1 fully saturated rings. The number of carbonyl (C=O) groups excluding carboxylic acids is 2. The van der Waals surface area contributed by atoms with Crippen LogP contribution in [0.25, 0.3) is 11.0 Å². The van der Waals surface area contributed by atoms with Gasteiger partial charge in [0.2, 0.25) is 5.91 Å². The minimum Gasteiger partial charge on any atom is -0.354 e. The Hall–Kier alpha value is -3.15. The van der Waals surface area contributed by atoms with Gasteiger partial charge in [-0.2, -0.15) is 0 Å². The molecule has 0 aliphatic carbocycles. The molecule has 1 aliphatic rings. The van der Waals surface area contributed by atoms with Gasteiger partial charge >= 0.3 is 0 Å². The van der Waals surface area contributed by atoms with Gasteiger partial charge in [-0.3, -0.25) is 9.59 Å². The van der Waals surface area contributed by atoms with E-state index >= 15 is 0 Å². The van der Waals surface area contributed by atoms with Crippen LogP contribution in [-0.4, -0.2) is 45.9 Å². The Labute approximate surface area is 176 Å². The third kappa shape index (κ3) is 4.22. The summed E-state index contributed by atoms with van der Waals surface area (Å²) in [5.41, 5.74) is 3.86. The second-order valence-electron chi connectivity index (χ2n) is 8.05. The Morgan fingerprint density at radius 2 is 1.87 bits per heavy atom. The van der Waals surface area contributed by atoms with Gasteiger partial charge in [-0.05, 0) is 51.0 Å². The normalized spacial score (nSPS) is 16.6. The molecule has 1 aliphatic heterocycles. The van der Waals surface area contributed by atoms with Crippen molar-refractivity contribution in [2.45, 2.75) is 33.2 Å². The Bertz CT molecular complexity index is 1050. The van der Waals surface area contributed by atoms with Gasteiger partial charge in [0.1, 0.15) is 5.82 Å². The first-order valence-corrected chi connectivity index (χ1v) is 10.6. The molecule has 1 aromatic heterocycles. The van der Waals surface area contributed by atoms with Gasteiger partial charge in [-0.15, -0.1) is 0 Å². The molecule has 0 bridgehead atoms. The average Bonchev–Trinajstić information content (AvgIpc) is 3.09. The van der Waals surface area contributed by atoms with E-state index in [4.69, 9.17) is 0 Å². The lowest BCUT2D eigenvalue weighted by molar-refractivity contribution is -0.126. The molecule has 6 nitrogen and oxygen atoms in total. The first-order valence-electron chi connectivity index (χ1n) is 10.6. The number of nitrogens with one attached hydrogen (secondary N) is 1. The molecule has 1 atom stereocenters. The fraction of sp³-hybridized carbons (Fsp3) is 0.375. The van der Waals surface area contributed by atoms with Crippen molar-refractivity contribution in [3.63, 3.8) is 0 Å². The second kappa shape index (κ2) is 8.69. The summed E-state index contributed by atoms with van der Waals surface area (Å²) in [6.07, 6.45) is 1.66. The highest BCUT2D eigenvalue weighted by Crippen LogP contribution is 2.19. The summed E-state index contributed by atoms with van der Waals surface area (Å²) in [6, 6.07) is 15.6. The minimum atomic E-state index is -0.159. The van der Waals surface area contributed by atoms with Crippen LogP contribution in [0.3, 0.4) is 0 Å². The number of carbonyl (C=O) groups is 2. The van der Waals surface area contributed by atoms with Crippen molar-refractivity contribution in [1.29, 1.82) is 0 Å². The number of rotatable bonds is 5. The number of imidazole rings is 1. The van der Waals surface area contributed by atoms with E-state index in [1.807, 2.05) is 67.3 Å². The molecule has 2 amide bonds. The van der Waals surface area contributed by atoms with Crippen molar-refractivity contribution in [3.8, 4) is 0 Å². The third-order valence-electron chi connectivity index (χ3n) is 5.86. The maximum absolute atomic E-state index is 12.8. The quantitative estimate of drug-likeness (QED) is 0.709. The van der Waals surface area contributed by atoms with Crippen molar-refractivity contribution >= 4 is 22.8 Å². The third-order valence-corrected chi connectivity index (χ3v) is 5.86. The zero-order chi connectivity index (χ0) is 21.1. The summed E-state index contributed by atoms with van der Waals surface area (Å²) in [7, 11) is 0. The number of likely N-dealkylation sites (tertiary alicyclic amines) is 1. The highest BCUT2D eigenvalue weighted by atomic mass is 16.2. The summed E-state index contributed by atoms with van der Waals surface area (Å²) in [5, 5.41) is 3.06. The molecular weight excluding hydrogens is 376 g/mol. The van der Waals surface area contributed by atoms with Crippen LogP contribution >= 0.6 is 0 Å². The Morgan fingerprint density at radius 3 is 2.67 bits per heavy atom. The van der Waals surface area contributed by atoms with Gasteiger partial charge in [-0.25, -0.2) is 4.98 Å². The predicted molar refractivity (Wildman–Crippen MR) is 117 cm³/mol. The van der Waals surface area contributed by atoms with Crippen LogP contribution in [0.2, 0.25) is 0 Å². The standard InChI is InChI=1S/C24H28N4O2/c1-17-9-11-19(12-10-17)24(30)27-14-5-6-20(16-27)23(29)25-13-15-28-18(2)26-21-7-3-4-8-22(21)28/h3-4,7-12,20H,5-6,13-16H2,1-2H3,(H,25,29)/t20-/m1/s1. The number of benzene rings is 2. The van der Waals surface area contributed by atoms with Gasteiger partial charge in [0.05, 0.1) is 17.0 Å². The molecule has 0 saturated carbocycles. The van der Waals surface area contributed by atoms with E-state index in [0.717, 1.165) is 35.3 Å². The van der Waals surface area contributed by atoms with E-state index in [9.17, 15) is 9.59 Å². The highest BCUT2D eigenvalue weighted by molar-refractivity contribution is 5.94. The maximum atomic E-state index is 12.8. The van der Waals surface area contributed by atoms with Crippen molar-refractivity contribution < 1.29 is 9.59 Å². The summed E-state index contributed by atoms with van der Waals surface area (Å²) in [6.45, 7) is 6.39. The fourth-order valence-electron chi connectivity index (χ4n) is 4.17. The number of piperidine rings is 1. The summed E-state index contributed by atoms with van der Waals surface area (Å²) in [5.74, 6) is 0.818. The number of hydrogen-bond acceptors (Lipinski definition) is 3. The first-order chi connectivity index (χ1) is 14.5. The lowest BCUT2D eigenvalue weighted by atomic mass is 9.96. The van der Waals surface area contributed by atoms with E-state index in [1.165, 1.54) is 0 Å². The Morgan fingerprint density at radius 1 is 1.10 bits per heavy atom. The van der Waals surface area contributed by atoms with Crippen molar-refractivity contribution in [2.24, 2.45) is 5.92 Å². The number of nitrogens with zero attached hydrogens (tertiary/aromatic N) is 3. The topological polar surface area (TPSA) is 67.2 Å². The maximum Gasteiger partial charge on any atom is 0.253 e. The Kier molecular flexibility index (Phi) is 5.84. The van der Waals surface area contributed by atoms with Gasteiger partial charge < -0.3 is 14.8 Å². The summed E-state index contributed by atoms with van der Waals surface area (Å²) < 4.78 is 2.13. The van der Waals surface area contributed by atoms with Crippen LogP contribution in [0.4, 0.5) is 0 Å². The van der Waals surface area contributed by atoms with Crippen LogP contribution in [0.1, 0.15) is 34.6 Å². The summed E-state index contributed by atoms with van der Waals surface area (Å²) in [4.78, 5) is 31.9. The van der Waals surface area contributed by atoms with E-state index in [1.54, 1.807) is 0 Å². The SMILES string of the molecule is Cc1ccc(C(=O)N2CCC[C@@H](C(=O)NCCn3c(C)nc4ccccc43)C2)cc1. The van der Waals surface area contributed by atoms with Crippen molar-refractivity contribution in [1.82, 2.24) is 19.8 Å². The zero-order valence-corrected chi connectivity index (χ0v) is 17.6. The van der Waals surface area contributed by atoms with E-state index in [2.05, 4.69) is 14.9 Å². The molecule has 4 rings (SSSR count). The molecule has 0 radical (unpaired) electrons. The smallest absolute Gasteiger partial charge is 0.253 e. The van der Waals surface area contributed by atoms with Crippen LogP contribution in [0, 0.1) is 19.8 Å². The van der Waals surface area contributed by atoms with Crippen LogP contribution in [0.5, 0.6) is 0 Å². The highest BCUT2D eigenvalue weighted by Gasteiger charge is 2.28. The molecule has 6 heteroatoms. The molecule has 3 aromatic rings. The Balaban J connectivity index is 1.33. The van der Waals surface area contributed by atoms with Gasteiger partial charge in [0, 0.05) is 31.7 Å². The average molecular weight is 405 g/mol. The molecule has 0 unspecified atom stereocenters. The number of para-hydroxylation sites is 2. The van der Waals surface area contributed by atoms with Crippen molar-refractivity contribution in [2.75, 3.05) is 19.6 Å². The lowest BCUT2D eigenvalue weighted by Gasteiger charge is -2.32. The molecule has 2 heterocycles. The lowest BCUT2D eigenvalue weighted by Crippen LogP contribution is -2.45. The van der Waals surface area contributed by atoms with Gasteiger partial charge in [-0.1, -0.05) is 29.8 Å². The zero-order valence-electron chi connectivity index (χ0n) is 17.6. The molecular formula is C24H28N4O2. The molecule has 1 saturated heterocycles. The minimum absolute atomic E-state index is 0.00742. The second-order valence-corrected chi connectivity index (χ2v) is 8.05. The van der Waals surface area contributed by atoms with E-state index in [-0.39, 0.29) is 17.7 Å². The molecule has 1 N–H and O–H groups in total. The van der Waals surface area contributed by atoms with Gasteiger partial charge in [0.15, 0.2) is 0 Å².